The van der Waals surface area contributed by atoms with Gasteiger partial charge in [0.15, 0.2) is 5.69 Å². The molecule has 0 radical (unpaired) electrons. The molecule has 0 aliphatic heterocycles. The second-order valence-electron chi connectivity index (χ2n) is 6.18. The number of para-hydroxylation sites is 1. The van der Waals surface area contributed by atoms with Gasteiger partial charge in [-0.05, 0) is 31.2 Å². The zero-order valence-corrected chi connectivity index (χ0v) is 16.9. The fourth-order valence-corrected chi connectivity index (χ4v) is 3.78. The van der Waals surface area contributed by atoms with Crippen LogP contribution in [0.5, 0.6) is 0 Å². The number of halogens is 4. The largest absolute Gasteiger partial charge is 0.436 e. The van der Waals surface area contributed by atoms with Crippen LogP contribution >= 0.6 is 23.4 Å². The van der Waals surface area contributed by atoms with Gasteiger partial charge in [0.1, 0.15) is 0 Å². The van der Waals surface area contributed by atoms with Crippen molar-refractivity contribution in [2.75, 3.05) is 5.32 Å². The van der Waals surface area contributed by atoms with Crippen molar-refractivity contribution in [2.24, 2.45) is 0 Å². The Hall–Kier alpha value is -2.45. The van der Waals surface area contributed by atoms with Crippen molar-refractivity contribution in [2.45, 2.75) is 35.9 Å². The SMILES string of the molecule is Cc1c(Cl)c(C(F)(F)F)nn1CCC(=O)Nc1ccccc1Sc1ccccc1. The highest BCUT2D eigenvalue weighted by molar-refractivity contribution is 7.99. The topological polar surface area (TPSA) is 46.9 Å². The number of anilines is 1. The molecule has 152 valence electrons. The smallest absolute Gasteiger partial charge is 0.325 e. The lowest BCUT2D eigenvalue weighted by Gasteiger charge is -2.11. The van der Waals surface area contributed by atoms with E-state index in [1.807, 2.05) is 42.5 Å². The van der Waals surface area contributed by atoms with Gasteiger partial charge in [0.25, 0.3) is 0 Å². The molecule has 0 aliphatic carbocycles. The zero-order chi connectivity index (χ0) is 21.0. The molecule has 1 aromatic heterocycles. The Morgan fingerprint density at radius 3 is 2.45 bits per heavy atom. The van der Waals surface area contributed by atoms with Crippen LogP contribution in [-0.4, -0.2) is 15.7 Å². The van der Waals surface area contributed by atoms with E-state index in [-0.39, 0.29) is 24.6 Å². The van der Waals surface area contributed by atoms with E-state index in [9.17, 15) is 18.0 Å². The van der Waals surface area contributed by atoms with Crippen LogP contribution in [0, 0.1) is 6.92 Å². The molecule has 2 aromatic carbocycles. The van der Waals surface area contributed by atoms with Gasteiger partial charge in [0, 0.05) is 16.2 Å². The summed E-state index contributed by atoms with van der Waals surface area (Å²) in [6.07, 6.45) is -4.68. The number of carbonyl (C=O) groups excluding carboxylic acids is 1. The Kier molecular flexibility index (Phi) is 6.54. The Bertz CT molecular complexity index is 1010. The number of amides is 1. The molecule has 1 amide bonds. The van der Waals surface area contributed by atoms with Crippen LogP contribution in [-0.2, 0) is 17.5 Å². The maximum Gasteiger partial charge on any atom is 0.436 e. The molecule has 0 saturated carbocycles. The maximum atomic E-state index is 12.9. The molecular formula is C20H17ClF3N3OS. The molecule has 3 aromatic rings. The monoisotopic (exact) mass is 439 g/mol. The molecule has 9 heteroatoms. The molecule has 1 heterocycles. The molecular weight excluding hydrogens is 423 g/mol. The van der Waals surface area contributed by atoms with Gasteiger partial charge in [-0.1, -0.05) is 53.7 Å². The van der Waals surface area contributed by atoms with Crippen molar-refractivity contribution >= 4 is 35.0 Å². The minimum Gasteiger partial charge on any atom is -0.325 e. The minimum absolute atomic E-state index is 0.0124. The molecule has 0 atom stereocenters. The molecule has 1 N–H and O–H groups in total. The van der Waals surface area contributed by atoms with Crippen LogP contribution in [0.4, 0.5) is 18.9 Å². The van der Waals surface area contributed by atoms with E-state index < -0.39 is 16.9 Å². The van der Waals surface area contributed by atoms with Gasteiger partial charge in [0.2, 0.25) is 5.91 Å². The fraction of sp³-hybridized carbons (Fsp3) is 0.200. The van der Waals surface area contributed by atoms with Crippen molar-refractivity contribution in [3.8, 4) is 0 Å². The maximum absolute atomic E-state index is 12.9. The number of alkyl halides is 3. The summed E-state index contributed by atoms with van der Waals surface area (Å²) in [6, 6.07) is 17.0. The quantitative estimate of drug-likeness (QED) is 0.509. The van der Waals surface area contributed by atoms with Crippen molar-refractivity contribution in [3.05, 3.63) is 71.0 Å². The highest BCUT2D eigenvalue weighted by atomic mass is 35.5. The second kappa shape index (κ2) is 8.92. The third-order valence-electron chi connectivity index (χ3n) is 4.08. The Labute approximate surface area is 175 Å². The van der Waals surface area contributed by atoms with E-state index in [1.165, 1.54) is 18.7 Å². The van der Waals surface area contributed by atoms with Crippen molar-refractivity contribution in [3.63, 3.8) is 0 Å². The van der Waals surface area contributed by atoms with Gasteiger partial charge in [-0.2, -0.15) is 18.3 Å². The first kappa shape index (κ1) is 21.3. The highest BCUT2D eigenvalue weighted by Gasteiger charge is 2.38. The first-order valence-electron chi connectivity index (χ1n) is 8.67. The average Bonchev–Trinajstić information content (AvgIpc) is 2.97. The molecule has 3 rings (SSSR count). The Morgan fingerprint density at radius 2 is 1.79 bits per heavy atom. The lowest BCUT2D eigenvalue weighted by atomic mass is 10.3. The van der Waals surface area contributed by atoms with Gasteiger partial charge in [-0.15, -0.1) is 0 Å². The number of nitrogens with zero attached hydrogens (tertiary/aromatic N) is 2. The Balaban J connectivity index is 1.67. The predicted octanol–water partition coefficient (Wildman–Crippen LogP) is 6.04. The molecule has 29 heavy (non-hydrogen) atoms. The van der Waals surface area contributed by atoms with Crippen molar-refractivity contribution in [1.29, 1.82) is 0 Å². The molecule has 0 saturated heterocycles. The van der Waals surface area contributed by atoms with Crippen molar-refractivity contribution < 1.29 is 18.0 Å². The predicted molar refractivity (Wildman–Crippen MR) is 107 cm³/mol. The van der Waals surface area contributed by atoms with Gasteiger partial charge in [-0.25, -0.2) is 0 Å². The third-order valence-corrected chi connectivity index (χ3v) is 5.62. The minimum atomic E-state index is -4.64. The lowest BCUT2D eigenvalue weighted by molar-refractivity contribution is -0.141. The van der Waals surface area contributed by atoms with Gasteiger partial charge in [-0.3, -0.25) is 9.48 Å². The summed E-state index contributed by atoms with van der Waals surface area (Å²) in [5.74, 6) is -0.328. The number of aromatic nitrogens is 2. The fourth-order valence-electron chi connectivity index (χ4n) is 2.62. The van der Waals surface area contributed by atoms with Gasteiger partial charge in [0.05, 0.1) is 22.9 Å². The summed E-state index contributed by atoms with van der Waals surface area (Å²) in [7, 11) is 0. The number of nitrogens with one attached hydrogen (secondary N) is 1. The first-order chi connectivity index (χ1) is 13.8. The number of rotatable bonds is 6. The standard InChI is InChI=1S/C20H17ClF3N3OS/c1-13-18(21)19(20(22,23)24)26-27(13)12-11-17(28)25-15-9-5-6-10-16(15)29-14-7-3-2-4-8-14/h2-10H,11-12H2,1H3,(H,25,28). The zero-order valence-electron chi connectivity index (χ0n) is 15.3. The summed E-state index contributed by atoms with van der Waals surface area (Å²) in [4.78, 5) is 14.3. The van der Waals surface area contributed by atoms with Crippen molar-refractivity contribution in [1.82, 2.24) is 9.78 Å². The van der Waals surface area contributed by atoms with E-state index in [1.54, 1.807) is 12.1 Å². The normalized spacial score (nSPS) is 11.5. The summed E-state index contributed by atoms with van der Waals surface area (Å²) in [6.45, 7) is 1.43. The molecule has 0 fully saturated rings. The second-order valence-corrected chi connectivity index (χ2v) is 7.67. The summed E-state index contributed by atoms with van der Waals surface area (Å²) >= 11 is 7.24. The first-order valence-corrected chi connectivity index (χ1v) is 9.87. The summed E-state index contributed by atoms with van der Waals surface area (Å²) < 4.78 is 39.8. The number of carbonyl (C=O) groups is 1. The number of benzene rings is 2. The van der Waals surface area contributed by atoms with Crippen LogP contribution in [0.3, 0.4) is 0 Å². The van der Waals surface area contributed by atoms with Crippen LogP contribution < -0.4 is 5.32 Å². The highest BCUT2D eigenvalue weighted by Crippen LogP contribution is 2.35. The van der Waals surface area contributed by atoms with Crippen LogP contribution in [0.25, 0.3) is 0 Å². The van der Waals surface area contributed by atoms with Crippen LogP contribution in [0.15, 0.2) is 64.4 Å². The third kappa shape index (κ3) is 5.33. The summed E-state index contributed by atoms with van der Waals surface area (Å²) in [5, 5.41) is 5.88. The molecule has 0 aliphatic rings. The average molecular weight is 440 g/mol. The molecule has 0 spiro atoms. The number of aryl methyl sites for hydroxylation is 1. The molecule has 4 nitrogen and oxygen atoms in total. The number of hydrogen-bond acceptors (Lipinski definition) is 3. The van der Waals surface area contributed by atoms with E-state index in [4.69, 9.17) is 11.6 Å². The number of hydrogen-bond donors (Lipinski definition) is 1. The van der Waals surface area contributed by atoms with Crippen LogP contribution in [0.1, 0.15) is 17.8 Å². The molecule has 0 bridgehead atoms. The van der Waals surface area contributed by atoms with E-state index in [0.29, 0.717) is 5.69 Å². The lowest BCUT2D eigenvalue weighted by Crippen LogP contribution is -2.16. The van der Waals surface area contributed by atoms with E-state index >= 15 is 0 Å². The Morgan fingerprint density at radius 1 is 1.14 bits per heavy atom. The van der Waals surface area contributed by atoms with Gasteiger partial charge >= 0.3 is 6.18 Å². The molecule has 0 unspecified atom stereocenters. The van der Waals surface area contributed by atoms with E-state index in [2.05, 4.69) is 10.4 Å². The summed E-state index contributed by atoms with van der Waals surface area (Å²) in [5.41, 5.74) is -0.328. The van der Waals surface area contributed by atoms with Gasteiger partial charge < -0.3 is 5.32 Å². The van der Waals surface area contributed by atoms with Crippen LogP contribution in [0.2, 0.25) is 5.02 Å². The van der Waals surface area contributed by atoms with E-state index in [0.717, 1.165) is 14.5 Å².